The van der Waals surface area contributed by atoms with Gasteiger partial charge in [0, 0.05) is 10.4 Å². The van der Waals surface area contributed by atoms with Crippen molar-refractivity contribution in [1.82, 2.24) is 0 Å². The summed E-state index contributed by atoms with van der Waals surface area (Å²) in [4.78, 5) is 0.548. The summed E-state index contributed by atoms with van der Waals surface area (Å²) in [5.74, 6) is 1.11. The van der Waals surface area contributed by atoms with Crippen LogP contribution in [-0.4, -0.2) is 11.6 Å². The third-order valence-electron chi connectivity index (χ3n) is 2.50. The highest BCUT2D eigenvalue weighted by molar-refractivity contribution is 9.10. The molecule has 2 N–H and O–H groups in total. The van der Waals surface area contributed by atoms with E-state index in [1.165, 1.54) is 0 Å². The van der Waals surface area contributed by atoms with E-state index in [1.807, 2.05) is 19.1 Å². The van der Waals surface area contributed by atoms with Gasteiger partial charge in [0.2, 0.25) is 0 Å². The summed E-state index contributed by atoms with van der Waals surface area (Å²) in [6, 6.07) is 6.04. The first-order valence-electron chi connectivity index (χ1n) is 5.75. The highest BCUT2D eigenvalue weighted by Crippen LogP contribution is 2.26. The highest BCUT2D eigenvalue weighted by Gasteiger charge is 2.11. The van der Waals surface area contributed by atoms with Gasteiger partial charge in [-0.3, -0.25) is 0 Å². The summed E-state index contributed by atoms with van der Waals surface area (Å²) in [5.41, 5.74) is 6.80. The van der Waals surface area contributed by atoms with Crippen molar-refractivity contribution in [3.05, 3.63) is 28.2 Å². The molecule has 0 radical (unpaired) electrons. The molecule has 0 fully saturated rings. The second-order valence-electron chi connectivity index (χ2n) is 4.11. The van der Waals surface area contributed by atoms with Gasteiger partial charge >= 0.3 is 0 Å². The van der Waals surface area contributed by atoms with Crippen LogP contribution in [0, 0.1) is 5.92 Å². The van der Waals surface area contributed by atoms with Crippen molar-refractivity contribution in [3.63, 3.8) is 0 Å². The molecule has 1 rings (SSSR count). The van der Waals surface area contributed by atoms with Gasteiger partial charge in [-0.15, -0.1) is 0 Å². The number of hydrogen-bond donors (Lipinski definition) is 1. The molecule has 0 saturated heterocycles. The zero-order chi connectivity index (χ0) is 12.8. The third-order valence-corrected chi connectivity index (χ3v) is 3.39. The fourth-order valence-electron chi connectivity index (χ4n) is 1.49. The Hall–Kier alpha value is -0.610. The van der Waals surface area contributed by atoms with Gasteiger partial charge in [0.25, 0.3) is 0 Å². The lowest BCUT2D eigenvalue weighted by molar-refractivity contribution is 0.313. The van der Waals surface area contributed by atoms with Crippen LogP contribution in [-0.2, 0) is 6.42 Å². The van der Waals surface area contributed by atoms with Crippen LogP contribution < -0.4 is 10.5 Å². The van der Waals surface area contributed by atoms with Gasteiger partial charge in [0.15, 0.2) is 0 Å². The smallest absolute Gasteiger partial charge is 0.122 e. The molecule has 0 heterocycles. The van der Waals surface area contributed by atoms with Gasteiger partial charge in [-0.2, -0.15) is 0 Å². The predicted molar refractivity (Wildman–Crippen MR) is 79.6 cm³/mol. The molecule has 2 nitrogen and oxygen atoms in total. The minimum absolute atomic E-state index is 0.184. The number of halogens is 1. The lowest BCUT2D eigenvalue weighted by atomic mass is 10.0. The number of ether oxygens (including phenoxy) is 1. The average molecular weight is 316 g/mol. The van der Waals surface area contributed by atoms with E-state index in [-0.39, 0.29) is 5.92 Å². The summed E-state index contributed by atoms with van der Waals surface area (Å²) >= 11 is 8.48. The number of rotatable bonds is 6. The first-order chi connectivity index (χ1) is 8.04. The van der Waals surface area contributed by atoms with Crippen LogP contribution >= 0.6 is 28.1 Å². The molecule has 0 saturated carbocycles. The molecular formula is C13H18BrNOS. The maximum Gasteiger partial charge on any atom is 0.122 e. The van der Waals surface area contributed by atoms with Crippen LogP contribution in [0.3, 0.4) is 0 Å². The molecule has 0 aliphatic rings. The summed E-state index contributed by atoms with van der Waals surface area (Å²) in [5, 5.41) is 0. The Morgan fingerprint density at radius 2 is 2.24 bits per heavy atom. The minimum Gasteiger partial charge on any atom is -0.493 e. The summed E-state index contributed by atoms with van der Waals surface area (Å²) in [7, 11) is 0. The quantitative estimate of drug-likeness (QED) is 0.813. The van der Waals surface area contributed by atoms with Crippen molar-refractivity contribution in [1.29, 1.82) is 0 Å². The zero-order valence-electron chi connectivity index (χ0n) is 10.2. The molecule has 1 unspecified atom stereocenters. The van der Waals surface area contributed by atoms with Crippen molar-refractivity contribution < 1.29 is 4.74 Å². The Bertz CT molecular complexity index is 395. The van der Waals surface area contributed by atoms with E-state index in [9.17, 15) is 0 Å². The average Bonchev–Trinajstić information content (AvgIpc) is 2.28. The van der Waals surface area contributed by atoms with Gasteiger partial charge in [0.1, 0.15) is 5.75 Å². The molecule has 0 bridgehead atoms. The van der Waals surface area contributed by atoms with Crippen molar-refractivity contribution in [3.8, 4) is 5.75 Å². The first kappa shape index (κ1) is 14.5. The second kappa shape index (κ2) is 6.97. The summed E-state index contributed by atoms with van der Waals surface area (Å²) in [6.07, 6.45) is 1.81. The molecule has 0 amide bonds. The van der Waals surface area contributed by atoms with Gasteiger partial charge in [-0.1, -0.05) is 42.0 Å². The van der Waals surface area contributed by atoms with Crippen LogP contribution in [0.4, 0.5) is 0 Å². The van der Waals surface area contributed by atoms with E-state index < -0.39 is 0 Å². The normalized spacial score (nSPS) is 12.2. The number of nitrogens with two attached hydrogens (primary N) is 1. The van der Waals surface area contributed by atoms with E-state index >= 15 is 0 Å². The summed E-state index contributed by atoms with van der Waals surface area (Å²) in [6.45, 7) is 4.86. The minimum atomic E-state index is 0.184. The van der Waals surface area contributed by atoms with Crippen LogP contribution in [0.25, 0.3) is 0 Å². The number of hydrogen-bond acceptors (Lipinski definition) is 2. The molecular weight excluding hydrogens is 298 g/mol. The predicted octanol–water partition coefficient (Wildman–Crippen LogP) is 3.70. The third kappa shape index (κ3) is 4.64. The van der Waals surface area contributed by atoms with E-state index in [4.69, 9.17) is 22.7 Å². The topological polar surface area (TPSA) is 35.2 Å². The van der Waals surface area contributed by atoms with Crippen LogP contribution in [0.1, 0.15) is 25.8 Å². The van der Waals surface area contributed by atoms with Crippen LogP contribution in [0.5, 0.6) is 5.75 Å². The van der Waals surface area contributed by atoms with Crippen molar-refractivity contribution in [2.24, 2.45) is 11.7 Å². The summed E-state index contributed by atoms with van der Waals surface area (Å²) < 4.78 is 6.76. The zero-order valence-corrected chi connectivity index (χ0v) is 12.6. The molecule has 0 aromatic heterocycles. The number of thiocarbonyl (C=S) groups is 1. The van der Waals surface area contributed by atoms with E-state index in [0.717, 1.165) is 35.2 Å². The van der Waals surface area contributed by atoms with E-state index in [1.54, 1.807) is 0 Å². The lowest BCUT2D eigenvalue weighted by Gasteiger charge is -2.14. The SMILES string of the molecule is CCCOc1ccc(Br)cc1CC(C)C(N)=S. The molecule has 1 aromatic rings. The van der Waals surface area contributed by atoms with Crippen LogP contribution in [0.2, 0.25) is 0 Å². The van der Waals surface area contributed by atoms with Gasteiger partial charge in [-0.25, -0.2) is 0 Å². The largest absolute Gasteiger partial charge is 0.493 e. The molecule has 0 spiro atoms. The molecule has 4 heteroatoms. The van der Waals surface area contributed by atoms with Crippen molar-refractivity contribution in [2.75, 3.05) is 6.61 Å². The highest BCUT2D eigenvalue weighted by atomic mass is 79.9. The Balaban J connectivity index is 2.86. The molecule has 0 aliphatic carbocycles. The fourth-order valence-corrected chi connectivity index (χ4v) is 1.98. The molecule has 1 atom stereocenters. The van der Waals surface area contributed by atoms with Crippen LogP contribution in [0.15, 0.2) is 22.7 Å². The van der Waals surface area contributed by atoms with Crippen molar-refractivity contribution >= 4 is 33.1 Å². The monoisotopic (exact) mass is 315 g/mol. The van der Waals surface area contributed by atoms with Gasteiger partial charge < -0.3 is 10.5 Å². The first-order valence-corrected chi connectivity index (χ1v) is 6.95. The molecule has 17 heavy (non-hydrogen) atoms. The molecule has 94 valence electrons. The Kier molecular flexibility index (Phi) is 5.92. The Morgan fingerprint density at radius 1 is 1.53 bits per heavy atom. The van der Waals surface area contributed by atoms with Crippen molar-refractivity contribution in [2.45, 2.75) is 26.7 Å². The lowest BCUT2D eigenvalue weighted by Crippen LogP contribution is -2.20. The van der Waals surface area contributed by atoms with Gasteiger partial charge in [-0.05, 0) is 36.6 Å². The Labute approximate surface area is 117 Å². The molecule has 0 aliphatic heterocycles. The fraction of sp³-hybridized carbons (Fsp3) is 0.462. The maximum atomic E-state index is 5.72. The maximum absolute atomic E-state index is 5.72. The number of benzene rings is 1. The van der Waals surface area contributed by atoms with Gasteiger partial charge in [0.05, 0.1) is 11.6 Å². The standard InChI is InChI=1S/C13H18BrNOS/c1-3-6-16-12-5-4-11(14)8-10(12)7-9(2)13(15)17/h4-5,8-9H,3,6-7H2,1-2H3,(H2,15,17). The second-order valence-corrected chi connectivity index (χ2v) is 5.50. The Morgan fingerprint density at radius 3 is 2.82 bits per heavy atom. The van der Waals surface area contributed by atoms with E-state index in [2.05, 4.69) is 28.9 Å². The molecule has 1 aromatic carbocycles. The van der Waals surface area contributed by atoms with E-state index in [0.29, 0.717) is 4.99 Å².